The van der Waals surface area contributed by atoms with E-state index < -0.39 is 21.3 Å². The Hall–Kier alpha value is -2.31. The number of benzene rings is 4. The van der Waals surface area contributed by atoms with Crippen molar-refractivity contribution in [2.45, 2.75) is 155 Å². The van der Waals surface area contributed by atoms with Gasteiger partial charge in [0, 0.05) is 0 Å². The van der Waals surface area contributed by atoms with Gasteiger partial charge in [0.25, 0.3) is 0 Å². The van der Waals surface area contributed by atoms with Crippen LogP contribution in [0.25, 0.3) is 11.1 Å². The molecular formula is C55H72Cl2Zr. The normalized spacial score (nSPS) is 15.7. The van der Waals surface area contributed by atoms with Gasteiger partial charge in [-0.15, -0.1) is 0 Å². The largest absolute Gasteiger partial charge is 1.00 e. The summed E-state index contributed by atoms with van der Waals surface area (Å²) in [6, 6.07) is 33.9. The Kier molecular flexibility index (Phi) is 14.7. The molecule has 0 heterocycles. The molecule has 0 spiro atoms. The molecule has 6 rings (SSSR count). The van der Waals surface area contributed by atoms with E-state index in [1.54, 1.807) is 17.6 Å². The van der Waals surface area contributed by atoms with Gasteiger partial charge in [0.15, 0.2) is 0 Å². The van der Waals surface area contributed by atoms with Crippen LogP contribution in [0, 0.1) is 11.3 Å². The van der Waals surface area contributed by atoms with E-state index in [4.69, 9.17) is 0 Å². The summed E-state index contributed by atoms with van der Waals surface area (Å²) in [7, 11) is 0. The van der Waals surface area contributed by atoms with Gasteiger partial charge < -0.3 is 24.8 Å². The topological polar surface area (TPSA) is 0 Å². The first kappa shape index (κ1) is 48.4. The summed E-state index contributed by atoms with van der Waals surface area (Å²) < 4.78 is 3.76. The molecule has 0 aromatic heterocycles. The van der Waals surface area contributed by atoms with E-state index in [1.807, 2.05) is 0 Å². The van der Waals surface area contributed by atoms with Gasteiger partial charge in [-0.1, -0.05) is 0 Å². The third-order valence-electron chi connectivity index (χ3n) is 12.3. The molecule has 0 nitrogen and oxygen atoms in total. The minimum absolute atomic E-state index is 0. The van der Waals surface area contributed by atoms with Crippen molar-refractivity contribution >= 4 is 3.21 Å². The Labute approximate surface area is 374 Å². The van der Waals surface area contributed by atoms with Crippen LogP contribution < -0.4 is 24.8 Å². The van der Waals surface area contributed by atoms with Crippen LogP contribution in [-0.4, -0.2) is 3.21 Å². The van der Waals surface area contributed by atoms with Crippen LogP contribution in [0.2, 0.25) is 0 Å². The molecule has 4 aromatic carbocycles. The molecule has 3 heteroatoms. The average molecular weight is 895 g/mol. The zero-order valence-electron chi connectivity index (χ0n) is 38.8. The molecule has 0 bridgehead atoms. The van der Waals surface area contributed by atoms with E-state index in [2.05, 4.69) is 208 Å². The van der Waals surface area contributed by atoms with Crippen molar-refractivity contribution in [2.75, 3.05) is 0 Å². The fraction of sp³-hybridized carbons (Fsp3) is 0.473. The van der Waals surface area contributed by atoms with Crippen molar-refractivity contribution in [3.8, 4) is 11.1 Å². The van der Waals surface area contributed by atoms with Crippen molar-refractivity contribution in [2.24, 2.45) is 11.3 Å². The van der Waals surface area contributed by atoms with Gasteiger partial charge >= 0.3 is 353 Å². The number of hydrogen-bond acceptors (Lipinski definition) is 0. The molecule has 1 unspecified atom stereocenters. The summed E-state index contributed by atoms with van der Waals surface area (Å²) in [6.45, 7) is 38.7. The summed E-state index contributed by atoms with van der Waals surface area (Å²) in [5, 5.41) is 0. The monoisotopic (exact) mass is 892 g/mol. The van der Waals surface area contributed by atoms with Crippen LogP contribution in [0.4, 0.5) is 0 Å². The molecule has 0 fully saturated rings. The van der Waals surface area contributed by atoms with E-state index in [0.717, 1.165) is 0 Å². The molecule has 2 aliphatic rings. The molecular weight excluding hydrogens is 823 g/mol. The second-order valence-electron chi connectivity index (χ2n) is 22.1. The Morgan fingerprint density at radius 3 is 1.24 bits per heavy atom. The Morgan fingerprint density at radius 2 is 0.897 bits per heavy atom. The van der Waals surface area contributed by atoms with Crippen LogP contribution in [0.15, 0.2) is 106 Å². The minimum atomic E-state index is -3.07. The predicted molar refractivity (Wildman–Crippen MR) is 243 cm³/mol. The summed E-state index contributed by atoms with van der Waals surface area (Å²) >= 11 is -3.07. The number of allylic oxidation sites excluding steroid dienone is 4. The molecule has 0 amide bonds. The van der Waals surface area contributed by atoms with Crippen LogP contribution in [-0.2, 0) is 42.9 Å². The molecule has 0 N–H and O–H groups in total. The third-order valence-corrected chi connectivity index (χ3v) is 20.8. The first-order chi connectivity index (χ1) is 25.9. The fourth-order valence-electron chi connectivity index (χ4n) is 9.32. The summed E-state index contributed by atoms with van der Waals surface area (Å²) in [6.07, 6.45) is 9.16. The van der Waals surface area contributed by atoms with Crippen molar-refractivity contribution in [3.05, 3.63) is 150 Å². The van der Waals surface area contributed by atoms with E-state index in [9.17, 15) is 0 Å². The number of unbranched alkanes of at least 4 members (excludes halogenated alkanes) is 1. The quantitative estimate of drug-likeness (QED) is 0.174. The summed E-state index contributed by atoms with van der Waals surface area (Å²) in [5.41, 5.74) is 16.6. The molecule has 0 saturated carbocycles. The SMILES string of the molecule is CCCCC1C=C(C(C)(C)C)C=[C]1[Zr+2](=[C](c1ccccc1)c1ccccc1)[CH]1c2cc(C(C)(C)C)c(C(C)(C)C)cc2-c2cc(C(C)(C)C)c(C(C)(C)C)cc21.[Cl-].[Cl-]. The molecule has 0 radical (unpaired) electrons. The van der Waals surface area contributed by atoms with E-state index >= 15 is 0 Å². The minimum Gasteiger partial charge on any atom is -1.00 e. The van der Waals surface area contributed by atoms with E-state index in [1.165, 1.54) is 69.3 Å². The maximum Gasteiger partial charge on any atom is -1.00 e. The van der Waals surface area contributed by atoms with Gasteiger partial charge in [-0.2, -0.15) is 0 Å². The fourth-order valence-corrected chi connectivity index (χ4v) is 18.9. The van der Waals surface area contributed by atoms with Crippen molar-refractivity contribution < 1.29 is 46.1 Å². The smallest absolute Gasteiger partial charge is 1.00 e. The molecule has 0 saturated heterocycles. The molecule has 58 heavy (non-hydrogen) atoms. The Morgan fingerprint density at radius 1 is 0.517 bits per heavy atom. The van der Waals surface area contributed by atoms with Crippen molar-refractivity contribution in [1.29, 1.82) is 0 Å². The van der Waals surface area contributed by atoms with E-state index in [-0.39, 0.29) is 51.9 Å². The van der Waals surface area contributed by atoms with Crippen molar-refractivity contribution in [3.63, 3.8) is 0 Å². The second-order valence-corrected chi connectivity index (χ2v) is 28.2. The number of halogens is 2. The van der Waals surface area contributed by atoms with Gasteiger partial charge in [0.1, 0.15) is 0 Å². The number of hydrogen-bond donors (Lipinski definition) is 0. The van der Waals surface area contributed by atoms with Crippen LogP contribution in [0.1, 0.15) is 178 Å². The first-order valence-electron chi connectivity index (χ1n) is 21.6. The van der Waals surface area contributed by atoms with E-state index in [0.29, 0.717) is 9.54 Å². The van der Waals surface area contributed by atoms with Crippen LogP contribution in [0.5, 0.6) is 0 Å². The van der Waals surface area contributed by atoms with Gasteiger partial charge in [0.2, 0.25) is 0 Å². The van der Waals surface area contributed by atoms with Crippen LogP contribution in [0.3, 0.4) is 0 Å². The summed E-state index contributed by atoms with van der Waals surface area (Å²) in [4.78, 5) is 0. The van der Waals surface area contributed by atoms with Gasteiger partial charge in [-0.05, 0) is 0 Å². The predicted octanol–water partition coefficient (Wildman–Crippen LogP) is 9.52. The molecule has 0 aliphatic heterocycles. The zero-order valence-corrected chi connectivity index (χ0v) is 42.7. The third kappa shape index (κ3) is 9.74. The number of fused-ring (bicyclic) bond motifs is 3. The Balaban J connectivity index is 0.00000372. The zero-order chi connectivity index (χ0) is 41.2. The van der Waals surface area contributed by atoms with Crippen LogP contribution >= 0.6 is 0 Å². The standard InChI is InChI=1S/C29H41.C13H10.C13H21.2ClH.Zr/c1-26(2,3)22-14-18-13-19-15-23(27(4,5)6)25(29(10,11)12)17-21(19)20(18)16-24(22)28(7,8)9;1-3-7-12(8-4-1)11-13-9-5-2-6-10-13;1-5-6-7-11-8-9-12(10-11)13(2,3)4;;;/h13-17H,1-12H3;1-10H;9-11H,5-7H2,1-4H3;2*1H;/q;;;;;+2/p-2. The Bertz CT molecular complexity index is 2060. The molecule has 4 aromatic rings. The molecule has 2 aliphatic carbocycles. The molecule has 1 atom stereocenters. The van der Waals surface area contributed by atoms with Gasteiger partial charge in [0.05, 0.1) is 0 Å². The first-order valence-corrected chi connectivity index (χ1v) is 25.5. The number of rotatable bonds is 7. The summed E-state index contributed by atoms with van der Waals surface area (Å²) in [5.74, 6) is 0.473. The maximum absolute atomic E-state index is 3.07. The van der Waals surface area contributed by atoms with Crippen molar-refractivity contribution in [1.82, 2.24) is 0 Å². The van der Waals surface area contributed by atoms with Gasteiger partial charge in [-0.3, -0.25) is 0 Å². The van der Waals surface area contributed by atoms with Gasteiger partial charge in [-0.25, -0.2) is 0 Å². The maximum atomic E-state index is 2.75. The average Bonchev–Trinajstić information content (AvgIpc) is 3.67. The molecule has 310 valence electrons. The second kappa shape index (κ2) is 17.6.